The van der Waals surface area contributed by atoms with Crippen molar-refractivity contribution in [2.45, 2.75) is 25.9 Å². The molecule has 4 rings (SSSR count). The molecule has 2 aromatic carbocycles. The molecule has 0 spiro atoms. The van der Waals surface area contributed by atoms with Gasteiger partial charge in [-0.3, -0.25) is 19.4 Å². The molecule has 0 aliphatic rings. The van der Waals surface area contributed by atoms with E-state index in [4.69, 9.17) is 16.3 Å². The van der Waals surface area contributed by atoms with Gasteiger partial charge in [0, 0.05) is 17.4 Å². The van der Waals surface area contributed by atoms with Crippen LogP contribution < -0.4 is 21.1 Å². The summed E-state index contributed by atoms with van der Waals surface area (Å²) in [7, 11) is 1.53. The molecule has 4 aromatic rings. The molecule has 0 aliphatic carbocycles. The highest BCUT2D eigenvalue weighted by atomic mass is 35.5. The molecule has 0 fully saturated rings. The van der Waals surface area contributed by atoms with Crippen molar-refractivity contribution in [3.8, 4) is 5.75 Å². The van der Waals surface area contributed by atoms with Crippen molar-refractivity contribution in [3.63, 3.8) is 0 Å². The number of carbonyl (C=O) groups excluding carboxylic acids is 3. The number of aromatic amines is 2. The van der Waals surface area contributed by atoms with Crippen molar-refractivity contribution in [3.05, 3.63) is 82.4 Å². The number of ether oxygens (including phenoxy) is 1. The first-order valence-corrected chi connectivity index (χ1v) is 12.4. The van der Waals surface area contributed by atoms with Gasteiger partial charge in [-0.1, -0.05) is 18.2 Å². The van der Waals surface area contributed by atoms with Crippen LogP contribution in [0.1, 0.15) is 22.5 Å². The Morgan fingerprint density at radius 3 is 2.56 bits per heavy atom. The maximum absolute atomic E-state index is 12.4. The number of halogens is 2. The van der Waals surface area contributed by atoms with E-state index in [-0.39, 0.29) is 36.9 Å². The topological polar surface area (TPSA) is 151 Å². The lowest BCUT2D eigenvalue weighted by atomic mass is 10.1. The Balaban J connectivity index is 0.000000449. The molecule has 4 N–H and O–H groups in total. The first-order valence-electron chi connectivity index (χ1n) is 11.9. The average molecular weight is 559 g/mol. The summed E-state index contributed by atoms with van der Waals surface area (Å²) in [5.74, 6) is -1.32. The van der Waals surface area contributed by atoms with E-state index in [2.05, 4.69) is 25.7 Å². The van der Waals surface area contributed by atoms with Crippen molar-refractivity contribution in [2.75, 3.05) is 19.5 Å². The number of fused-ring (bicyclic) bond motifs is 1. The number of Topliss-reactive ketones (excluding diaryl/α,β-unsaturated/α-hetero) is 1. The Labute approximate surface area is 227 Å². The third-order valence-electron chi connectivity index (χ3n) is 5.58. The lowest BCUT2D eigenvalue weighted by molar-refractivity contribution is -0.126. The van der Waals surface area contributed by atoms with Gasteiger partial charge in [-0.15, -0.1) is 11.6 Å². The summed E-state index contributed by atoms with van der Waals surface area (Å²) in [4.78, 5) is 53.6. The minimum atomic E-state index is -0.914. The van der Waals surface area contributed by atoms with Crippen LogP contribution in [0.4, 0.5) is 4.39 Å². The van der Waals surface area contributed by atoms with Crippen LogP contribution in [-0.4, -0.2) is 62.9 Å². The Hall–Kier alpha value is -4.45. The van der Waals surface area contributed by atoms with Crippen LogP contribution in [0.15, 0.2) is 59.7 Å². The molecular formula is C26H28ClFN6O5. The zero-order valence-corrected chi connectivity index (χ0v) is 22.0. The molecule has 39 heavy (non-hydrogen) atoms. The van der Waals surface area contributed by atoms with E-state index >= 15 is 0 Å². The van der Waals surface area contributed by atoms with E-state index in [1.54, 1.807) is 30.3 Å². The van der Waals surface area contributed by atoms with Crippen LogP contribution in [0.2, 0.25) is 0 Å². The van der Waals surface area contributed by atoms with E-state index in [9.17, 15) is 23.6 Å². The predicted molar refractivity (Wildman–Crippen MR) is 143 cm³/mol. The summed E-state index contributed by atoms with van der Waals surface area (Å²) in [6, 6.07) is 12.6. The fourth-order valence-electron chi connectivity index (χ4n) is 3.63. The molecule has 206 valence electrons. The number of nitrogens with zero attached hydrogens (tertiary/aromatic N) is 2. The van der Waals surface area contributed by atoms with Crippen molar-refractivity contribution in [1.29, 1.82) is 0 Å². The van der Waals surface area contributed by atoms with Crippen molar-refractivity contribution < 1.29 is 23.5 Å². The zero-order chi connectivity index (χ0) is 28.4. The van der Waals surface area contributed by atoms with E-state index in [1.807, 2.05) is 13.0 Å². The number of amides is 2. The van der Waals surface area contributed by atoms with Crippen molar-refractivity contribution in [2.24, 2.45) is 0 Å². The second-order valence-corrected chi connectivity index (χ2v) is 8.68. The Morgan fingerprint density at radius 2 is 1.95 bits per heavy atom. The molecule has 0 saturated carbocycles. The van der Waals surface area contributed by atoms with Gasteiger partial charge in [0.05, 0.1) is 25.6 Å². The van der Waals surface area contributed by atoms with Gasteiger partial charge >= 0.3 is 5.69 Å². The van der Waals surface area contributed by atoms with Gasteiger partial charge in [0.1, 0.15) is 23.6 Å². The maximum atomic E-state index is 12.4. The van der Waals surface area contributed by atoms with E-state index in [0.29, 0.717) is 5.75 Å². The number of carbonyl (C=O) groups is 3. The summed E-state index contributed by atoms with van der Waals surface area (Å²) in [6.45, 7) is 1.63. The highest BCUT2D eigenvalue weighted by Gasteiger charge is 2.21. The first kappa shape index (κ1) is 29.1. The van der Waals surface area contributed by atoms with Gasteiger partial charge in [-0.05, 0) is 49.2 Å². The van der Waals surface area contributed by atoms with Crippen molar-refractivity contribution in [1.82, 2.24) is 30.4 Å². The number of rotatable bonds is 10. The molecule has 2 heterocycles. The number of H-pyrrole nitrogens is 2. The quantitative estimate of drug-likeness (QED) is 0.219. The Morgan fingerprint density at radius 1 is 1.18 bits per heavy atom. The molecule has 1 atom stereocenters. The van der Waals surface area contributed by atoms with Gasteiger partial charge in [0.25, 0.3) is 5.91 Å². The molecule has 0 radical (unpaired) electrons. The van der Waals surface area contributed by atoms with E-state index in [0.717, 1.165) is 21.1 Å². The van der Waals surface area contributed by atoms with E-state index < -0.39 is 29.3 Å². The third-order valence-corrected chi connectivity index (χ3v) is 5.85. The standard InChI is InChI=1S/C19H21ClN6O5.C7H7F/c1-31-16-4-2-3-12-11(16)7-14(24-12)18(29)21-9-17(28)25-13(15(27)8-20)5-6-26-19(30)22-10-23-26;1-6-3-2-4-7(8)5-6/h2-4,7,10,13,24H,5-6,8-9H2,1H3,(H,21,29)(H,25,28)(H,22,23,30);2-5H,1H3. The lowest BCUT2D eigenvalue weighted by Crippen LogP contribution is -2.46. The number of benzene rings is 2. The monoisotopic (exact) mass is 558 g/mol. The molecule has 0 saturated heterocycles. The highest BCUT2D eigenvalue weighted by molar-refractivity contribution is 6.28. The highest BCUT2D eigenvalue weighted by Crippen LogP contribution is 2.25. The number of methoxy groups -OCH3 is 1. The summed E-state index contributed by atoms with van der Waals surface area (Å²) >= 11 is 5.62. The van der Waals surface area contributed by atoms with Gasteiger partial charge in [0.2, 0.25) is 5.91 Å². The van der Waals surface area contributed by atoms with Crippen LogP contribution in [0.25, 0.3) is 10.9 Å². The summed E-state index contributed by atoms with van der Waals surface area (Å²) in [5, 5.41) is 9.56. The lowest BCUT2D eigenvalue weighted by Gasteiger charge is -2.16. The fourth-order valence-corrected chi connectivity index (χ4v) is 3.82. The fraction of sp³-hybridized carbons (Fsp3) is 0.269. The van der Waals surface area contributed by atoms with Crippen molar-refractivity contribution >= 4 is 40.1 Å². The molecular weight excluding hydrogens is 531 g/mol. The number of alkyl halides is 1. The van der Waals surface area contributed by atoms with Crippen LogP contribution in [0, 0.1) is 12.7 Å². The van der Waals surface area contributed by atoms with Gasteiger partial charge in [0.15, 0.2) is 5.78 Å². The molecule has 2 aromatic heterocycles. The van der Waals surface area contributed by atoms with E-state index in [1.165, 1.54) is 25.6 Å². The number of aromatic nitrogens is 4. The molecule has 0 aliphatic heterocycles. The number of hydrogen-bond donors (Lipinski definition) is 4. The number of hydrogen-bond acceptors (Lipinski definition) is 6. The maximum Gasteiger partial charge on any atom is 0.343 e. The Kier molecular flexibility index (Phi) is 10.4. The predicted octanol–water partition coefficient (Wildman–Crippen LogP) is 2.31. The van der Waals surface area contributed by atoms with Gasteiger partial charge in [-0.25, -0.2) is 13.9 Å². The average Bonchev–Trinajstić information content (AvgIpc) is 3.55. The molecule has 2 amide bonds. The normalized spacial score (nSPS) is 11.3. The second-order valence-electron chi connectivity index (χ2n) is 8.41. The van der Waals surface area contributed by atoms with Crippen LogP contribution in [0.3, 0.4) is 0 Å². The second kappa shape index (κ2) is 13.9. The molecule has 13 heteroatoms. The Bertz CT molecular complexity index is 1480. The summed E-state index contributed by atoms with van der Waals surface area (Å²) < 4.78 is 18.6. The largest absolute Gasteiger partial charge is 0.496 e. The van der Waals surface area contributed by atoms with Crippen LogP contribution in [0.5, 0.6) is 5.75 Å². The summed E-state index contributed by atoms with van der Waals surface area (Å²) in [5.41, 5.74) is 1.52. The molecule has 1 unspecified atom stereocenters. The molecule has 0 bridgehead atoms. The minimum absolute atomic E-state index is 0.110. The summed E-state index contributed by atoms with van der Waals surface area (Å²) in [6.07, 6.45) is 1.35. The van der Waals surface area contributed by atoms with Gasteiger partial charge in [-0.2, -0.15) is 5.10 Å². The molecule has 11 nitrogen and oxygen atoms in total. The smallest absolute Gasteiger partial charge is 0.343 e. The van der Waals surface area contributed by atoms with Crippen LogP contribution in [-0.2, 0) is 16.1 Å². The number of aryl methyl sites for hydroxylation is 2. The first-order chi connectivity index (χ1) is 18.7. The number of nitrogens with one attached hydrogen (secondary N) is 4. The third kappa shape index (κ3) is 8.27. The zero-order valence-electron chi connectivity index (χ0n) is 21.3. The van der Waals surface area contributed by atoms with Gasteiger partial charge < -0.3 is 20.4 Å². The minimum Gasteiger partial charge on any atom is -0.496 e. The number of ketones is 1. The SMILES string of the molecule is COc1cccc2[nH]c(C(=O)NCC(=O)NC(CCn3nc[nH]c3=O)C(=O)CCl)cc12.Cc1cccc(F)c1. The van der Waals surface area contributed by atoms with Crippen LogP contribution >= 0.6 is 11.6 Å².